The molecule has 0 amide bonds. The topological polar surface area (TPSA) is 89.5 Å². The average Bonchev–Trinajstić information content (AvgIpc) is 2.55. The summed E-state index contributed by atoms with van der Waals surface area (Å²) in [4.78, 5) is 20.8. The second-order valence-corrected chi connectivity index (χ2v) is 7.11. The number of hydrogen-bond acceptors (Lipinski definition) is 5. The molecule has 2 rings (SSSR count). The van der Waals surface area contributed by atoms with Gasteiger partial charge in [-0.3, -0.25) is 20.2 Å². The molecule has 0 aliphatic carbocycles. The first-order valence-electron chi connectivity index (χ1n) is 7.34. The smallest absolute Gasteiger partial charge is 0.332 e. The maximum absolute atomic E-state index is 14.5. The van der Waals surface area contributed by atoms with Crippen molar-refractivity contribution in [3.8, 4) is 0 Å². The van der Waals surface area contributed by atoms with Crippen LogP contribution < -0.4 is 4.90 Å². The molecular weight excluding hydrogens is 522 g/mol. The molecule has 0 unspecified atom stereocenters. The Morgan fingerprint density at radius 3 is 2.07 bits per heavy atom. The Hall–Kier alpha value is -2.28. The zero-order valence-electron chi connectivity index (χ0n) is 13.8. The van der Waals surface area contributed by atoms with Crippen molar-refractivity contribution in [1.29, 1.82) is 0 Å². The third kappa shape index (κ3) is 4.24. The van der Waals surface area contributed by atoms with Gasteiger partial charge in [0.2, 0.25) is 0 Å². The number of halogens is 6. The molecule has 0 bridgehead atoms. The second kappa shape index (κ2) is 7.99. The highest BCUT2D eigenvalue weighted by molar-refractivity contribution is 9.11. The highest BCUT2D eigenvalue weighted by Crippen LogP contribution is 2.48. The van der Waals surface area contributed by atoms with E-state index in [1.54, 1.807) is 0 Å². The lowest BCUT2D eigenvalue weighted by molar-refractivity contribution is -0.394. The number of anilines is 2. The fourth-order valence-electron chi connectivity index (χ4n) is 2.57. The standard InChI is InChI=1S/C15H9Br2F4N3O4/c1-2-22(14-10(17)3-7(16)4-11(14)18)13-9(15(19,20)21)5-8(23(25)26)6-12(13)24(27)28/h3-6H,2H2,1H3. The maximum atomic E-state index is 14.5. The predicted molar refractivity (Wildman–Crippen MR) is 99.2 cm³/mol. The van der Waals surface area contributed by atoms with E-state index < -0.39 is 44.5 Å². The minimum atomic E-state index is -5.17. The van der Waals surface area contributed by atoms with E-state index in [1.807, 2.05) is 0 Å². The van der Waals surface area contributed by atoms with E-state index in [-0.39, 0.29) is 27.2 Å². The van der Waals surface area contributed by atoms with Crippen LogP contribution in [0.1, 0.15) is 12.5 Å². The van der Waals surface area contributed by atoms with Crippen LogP contribution >= 0.6 is 31.9 Å². The molecule has 0 atom stereocenters. The molecule has 0 spiro atoms. The van der Waals surface area contributed by atoms with Crippen molar-refractivity contribution in [2.75, 3.05) is 11.4 Å². The van der Waals surface area contributed by atoms with Gasteiger partial charge in [-0.05, 0) is 35.0 Å². The van der Waals surface area contributed by atoms with Crippen molar-refractivity contribution in [2.24, 2.45) is 0 Å². The van der Waals surface area contributed by atoms with Crippen LogP contribution in [0.5, 0.6) is 0 Å². The first-order chi connectivity index (χ1) is 12.9. The van der Waals surface area contributed by atoms with Crippen LogP contribution in [0.4, 0.5) is 40.3 Å². The van der Waals surface area contributed by atoms with E-state index in [2.05, 4.69) is 31.9 Å². The summed E-state index contributed by atoms with van der Waals surface area (Å²) in [5.41, 5.74) is -5.27. The van der Waals surface area contributed by atoms with Crippen LogP contribution in [0.25, 0.3) is 0 Å². The first kappa shape index (κ1) is 22.0. The van der Waals surface area contributed by atoms with Crippen LogP contribution in [-0.4, -0.2) is 16.4 Å². The Labute approximate surface area is 171 Å². The lowest BCUT2D eigenvalue weighted by Crippen LogP contribution is -2.23. The number of alkyl halides is 3. The van der Waals surface area contributed by atoms with Gasteiger partial charge in [-0.2, -0.15) is 13.2 Å². The Morgan fingerprint density at radius 2 is 1.64 bits per heavy atom. The Morgan fingerprint density at radius 1 is 1.04 bits per heavy atom. The molecule has 0 heterocycles. The highest BCUT2D eigenvalue weighted by Gasteiger charge is 2.42. The molecule has 0 radical (unpaired) electrons. The SMILES string of the molecule is CCN(c1c(F)cc(Br)cc1Br)c1c([N+](=O)[O-])cc([N+](=O)[O-])cc1C(F)(F)F. The molecule has 0 aromatic heterocycles. The van der Waals surface area contributed by atoms with E-state index in [0.717, 1.165) is 11.0 Å². The van der Waals surface area contributed by atoms with Gasteiger partial charge in [-0.25, -0.2) is 4.39 Å². The number of non-ortho nitro benzene ring substituents is 1. The van der Waals surface area contributed by atoms with Gasteiger partial charge in [-0.1, -0.05) is 15.9 Å². The van der Waals surface area contributed by atoms with Crippen LogP contribution in [0.3, 0.4) is 0 Å². The fraction of sp³-hybridized carbons (Fsp3) is 0.200. The van der Waals surface area contributed by atoms with Crippen molar-refractivity contribution >= 4 is 54.6 Å². The summed E-state index contributed by atoms with van der Waals surface area (Å²) in [5.74, 6) is -0.955. The largest absolute Gasteiger partial charge is 0.418 e. The summed E-state index contributed by atoms with van der Waals surface area (Å²) in [6, 6.07) is 2.94. The number of nitro benzene ring substituents is 2. The number of hydrogen-bond donors (Lipinski definition) is 0. The first-order valence-corrected chi connectivity index (χ1v) is 8.93. The zero-order chi connectivity index (χ0) is 21.4. The van der Waals surface area contributed by atoms with Gasteiger partial charge in [0.05, 0.1) is 27.2 Å². The molecule has 0 aliphatic heterocycles. The molecule has 0 fully saturated rings. The van der Waals surface area contributed by atoms with Gasteiger partial charge in [-0.15, -0.1) is 0 Å². The molecule has 150 valence electrons. The molecule has 0 saturated carbocycles. The summed E-state index contributed by atoms with van der Waals surface area (Å²) in [6.07, 6.45) is -5.17. The lowest BCUT2D eigenvalue weighted by Gasteiger charge is -2.27. The van der Waals surface area contributed by atoms with Crippen molar-refractivity contribution in [3.63, 3.8) is 0 Å². The molecule has 0 saturated heterocycles. The van der Waals surface area contributed by atoms with E-state index in [0.29, 0.717) is 6.07 Å². The van der Waals surface area contributed by atoms with Crippen LogP contribution in [0, 0.1) is 26.0 Å². The summed E-state index contributed by atoms with van der Waals surface area (Å²) >= 11 is 6.07. The molecular formula is C15H9Br2F4N3O4. The Balaban J connectivity index is 2.96. The molecule has 2 aromatic rings. The van der Waals surface area contributed by atoms with Crippen molar-refractivity contribution in [3.05, 3.63) is 64.8 Å². The number of nitrogens with zero attached hydrogens (tertiary/aromatic N) is 3. The normalized spacial score (nSPS) is 11.4. The van der Waals surface area contributed by atoms with Crippen LogP contribution in [0.2, 0.25) is 0 Å². The van der Waals surface area contributed by atoms with E-state index >= 15 is 0 Å². The minimum Gasteiger partial charge on any atom is -0.332 e. The van der Waals surface area contributed by atoms with Gasteiger partial charge < -0.3 is 4.90 Å². The van der Waals surface area contributed by atoms with Gasteiger partial charge in [0.15, 0.2) is 0 Å². The highest BCUT2D eigenvalue weighted by atomic mass is 79.9. The lowest BCUT2D eigenvalue weighted by atomic mass is 10.1. The molecule has 28 heavy (non-hydrogen) atoms. The third-order valence-corrected chi connectivity index (χ3v) is 4.69. The summed E-state index contributed by atoms with van der Waals surface area (Å²) < 4.78 is 55.7. The van der Waals surface area contributed by atoms with E-state index in [9.17, 15) is 37.8 Å². The molecule has 0 N–H and O–H groups in total. The fourth-order valence-corrected chi connectivity index (χ4v) is 3.96. The number of nitro groups is 2. The maximum Gasteiger partial charge on any atom is 0.418 e. The average molecular weight is 531 g/mol. The van der Waals surface area contributed by atoms with E-state index in [1.165, 1.54) is 13.0 Å². The third-order valence-electron chi connectivity index (χ3n) is 3.63. The zero-order valence-corrected chi connectivity index (χ0v) is 16.9. The van der Waals surface area contributed by atoms with Gasteiger partial charge in [0.25, 0.3) is 11.4 Å². The van der Waals surface area contributed by atoms with Crippen molar-refractivity contribution in [2.45, 2.75) is 13.1 Å². The van der Waals surface area contributed by atoms with E-state index in [4.69, 9.17) is 0 Å². The van der Waals surface area contributed by atoms with Crippen LogP contribution in [-0.2, 0) is 6.18 Å². The quantitative estimate of drug-likeness (QED) is 0.255. The predicted octanol–water partition coefficient (Wildman–Crippen LogP) is 6.34. The number of rotatable bonds is 5. The molecule has 13 heteroatoms. The summed E-state index contributed by atoms with van der Waals surface area (Å²) in [6.45, 7) is 1.07. The molecule has 7 nitrogen and oxygen atoms in total. The molecule has 0 aliphatic rings. The minimum absolute atomic E-state index is 0.0296. The van der Waals surface area contributed by atoms with Crippen molar-refractivity contribution < 1.29 is 27.4 Å². The monoisotopic (exact) mass is 529 g/mol. The second-order valence-electron chi connectivity index (χ2n) is 5.34. The molecule has 2 aromatic carbocycles. The summed E-state index contributed by atoms with van der Waals surface area (Å²) in [5, 5.41) is 22.4. The van der Waals surface area contributed by atoms with Gasteiger partial charge in [0.1, 0.15) is 11.5 Å². The Bertz CT molecular complexity index is 946. The summed E-state index contributed by atoms with van der Waals surface area (Å²) in [7, 11) is 0. The Kier molecular flexibility index (Phi) is 6.28. The van der Waals surface area contributed by atoms with Gasteiger partial charge >= 0.3 is 6.18 Å². The van der Waals surface area contributed by atoms with Crippen LogP contribution in [0.15, 0.2) is 33.2 Å². The van der Waals surface area contributed by atoms with Crippen molar-refractivity contribution in [1.82, 2.24) is 0 Å². The number of benzene rings is 2. The van der Waals surface area contributed by atoms with Gasteiger partial charge in [0, 0.05) is 21.6 Å².